The summed E-state index contributed by atoms with van der Waals surface area (Å²) in [6.45, 7) is 11.3. The van der Waals surface area contributed by atoms with Crippen LogP contribution in [0.25, 0.3) is 0 Å². The molecule has 5 nitrogen and oxygen atoms in total. The van der Waals surface area contributed by atoms with Gasteiger partial charge in [0.15, 0.2) is 0 Å². The zero-order valence-electron chi connectivity index (χ0n) is 14.7. The van der Waals surface area contributed by atoms with E-state index in [9.17, 15) is 4.79 Å². The summed E-state index contributed by atoms with van der Waals surface area (Å²) in [6.07, 6.45) is 0.984. The van der Waals surface area contributed by atoms with Crippen molar-refractivity contribution < 1.29 is 14.3 Å². The van der Waals surface area contributed by atoms with Crippen molar-refractivity contribution in [2.45, 2.75) is 58.3 Å². The lowest BCUT2D eigenvalue weighted by Gasteiger charge is -2.27. The van der Waals surface area contributed by atoms with Crippen molar-refractivity contribution in [1.82, 2.24) is 5.32 Å². The molecule has 0 radical (unpaired) electrons. The minimum atomic E-state index is -0.172. The van der Waals surface area contributed by atoms with Crippen LogP contribution in [0.2, 0.25) is 0 Å². The number of benzene rings is 1. The Labute approximate surface area is 138 Å². The first-order valence-electron chi connectivity index (χ1n) is 8.12. The van der Waals surface area contributed by atoms with E-state index in [1.807, 2.05) is 24.3 Å². The third-order valence-corrected chi connectivity index (χ3v) is 3.99. The molecule has 1 aromatic carbocycles. The highest BCUT2D eigenvalue weighted by atomic mass is 16.5. The molecular formula is C18H28N2O3. The van der Waals surface area contributed by atoms with Crippen LogP contribution >= 0.6 is 0 Å². The Morgan fingerprint density at radius 2 is 2.09 bits per heavy atom. The second-order valence-electron chi connectivity index (χ2n) is 7.23. The standard InChI is InChI=1S/C18H28N2O3/c1-13(21)20-14-7-6-8-15(11-14)22-10-9-19-16-12-17(2,3)23-18(16,4)5/h6-8,11,16,19H,9-10,12H2,1-5H3,(H,20,21). The average molecular weight is 320 g/mol. The van der Waals surface area contributed by atoms with E-state index in [-0.39, 0.29) is 17.1 Å². The van der Waals surface area contributed by atoms with Crippen LogP contribution in [0.15, 0.2) is 24.3 Å². The first-order chi connectivity index (χ1) is 10.7. The highest BCUT2D eigenvalue weighted by Crippen LogP contribution is 2.37. The van der Waals surface area contributed by atoms with Crippen LogP contribution < -0.4 is 15.4 Å². The zero-order chi connectivity index (χ0) is 17.1. The maximum absolute atomic E-state index is 11.1. The molecule has 1 amide bonds. The van der Waals surface area contributed by atoms with Crippen molar-refractivity contribution in [2.24, 2.45) is 0 Å². The third-order valence-electron chi connectivity index (χ3n) is 3.99. The van der Waals surface area contributed by atoms with Gasteiger partial charge in [0.1, 0.15) is 12.4 Å². The monoisotopic (exact) mass is 320 g/mol. The summed E-state index contributed by atoms with van der Waals surface area (Å²) < 4.78 is 11.8. The minimum Gasteiger partial charge on any atom is -0.492 e. The largest absolute Gasteiger partial charge is 0.492 e. The molecule has 2 N–H and O–H groups in total. The molecule has 1 aliphatic rings. The van der Waals surface area contributed by atoms with E-state index in [4.69, 9.17) is 9.47 Å². The van der Waals surface area contributed by atoms with E-state index in [0.29, 0.717) is 12.6 Å². The summed E-state index contributed by atoms with van der Waals surface area (Å²) in [6, 6.07) is 7.73. The van der Waals surface area contributed by atoms with Gasteiger partial charge in [0.25, 0.3) is 0 Å². The fourth-order valence-electron chi connectivity index (χ4n) is 3.15. The number of hydrogen-bond donors (Lipinski definition) is 2. The SMILES string of the molecule is CC(=O)Nc1cccc(OCCNC2CC(C)(C)OC2(C)C)c1. The number of ether oxygens (including phenoxy) is 2. The van der Waals surface area contributed by atoms with Gasteiger partial charge in [0.05, 0.1) is 11.2 Å². The fourth-order valence-corrected chi connectivity index (χ4v) is 3.15. The lowest BCUT2D eigenvalue weighted by atomic mass is 9.94. The van der Waals surface area contributed by atoms with Crippen molar-refractivity contribution in [2.75, 3.05) is 18.5 Å². The van der Waals surface area contributed by atoms with Crippen LogP contribution in [-0.2, 0) is 9.53 Å². The molecule has 1 unspecified atom stereocenters. The molecule has 0 saturated carbocycles. The summed E-state index contributed by atoms with van der Waals surface area (Å²) in [4.78, 5) is 11.1. The molecule has 5 heteroatoms. The van der Waals surface area contributed by atoms with Gasteiger partial charge in [-0.05, 0) is 46.2 Å². The quantitative estimate of drug-likeness (QED) is 0.791. The van der Waals surface area contributed by atoms with Crippen LogP contribution in [0.1, 0.15) is 41.0 Å². The predicted molar refractivity (Wildman–Crippen MR) is 91.9 cm³/mol. The van der Waals surface area contributed by atoms with Gasteiger partial charge in [-0.3, -0.25) is 4.79 Å². The van der Waals surface area contributed by atoms with Gasteiger partial charge >= 0.3 is 0 Å². The van der Waals surface area contributed by atoms with Crippen LogP contribution in [0.3, 0.4) is 0 Å². The molecule has 2 rings (SSSR count). The van der Waals surface area contributed by atoms with Gasteiger partial charge in [-0.2, -0.15) is 0 Å². The normalized spacial score (nSPS) is 21.9. The van der Waals surface area contributed by atoms with Crippen LogP contribution in [0, 0.1) is 0 Å². The Morgan fingerprint density at radius 3 is 2.70 bits per heavy atom. The topological polar surface area (TPSA) is 59.6 Å². The minimum absolute atomic E-state index is 0.0881. The Hall–Kier alpha value is -1.59. The maximum atomic E-state index is 11.1. The number of hydrogen-bond acceptors (Lipinski definition) is 4. The Balaban J connectivity index is 1.79. The van der Waals surface area contributed by atoms with Gasteiger partial charge in [0, 0.05) is 31.3 Å². The molecule has 1 fully saturated rings. The van der Waals surface area contributed by atoms with Gasteiger partial charge in [-0.1, -0.05) is 6.07 Å². The molecule has 1 aromatic rings. The fraction of sp³-hybridized carbons (Fsp3) is 0.611. The van der Waals surface area contributed by atoms with Crippen LogP contribution in [0.4, 0.5) is 5.69 Å². The van der Waals surface area contributed by atoms with Crippen molar-refractivity contribution in [3.8, 4) is 5.75 Å². The molecule has 0 spiro atoms. The van der Waals surface area contributed by atoms with E-state index < -0.39 is 0 Å². The van der Waals surface area contributed by atoms with Crippen molar-refractivity contribution in [1.29, 1.82) is 0 Å². The molecule has 128 valence electrons. The number of anilines is 1. The van der Waals surface area contributed by atoms with E-state index in [1.54, 1.807) is 0 Å². The van der Waals surface area contributed by atoms with Crippen LogP contribution in [-0.4, -0.2) is 36.3 Å². The van der Waals surface area contributed by atoms with Gasteiger partial charge < -0.3 is 20.1 Å². The highest BCUT2D eigenvalue weighted by Gasteiger charge is 2.45. The molecule has 1 atom stereocenters. The number of amides is 1. The van der Waals surface area contributed by atoms with E-state index in [2.05, 4.69) is 38.3 Å². The Kier molecular flexibility index (Phi) is 5.32. The number of carbonyl (C=O) groups excluding carboxylic acids is 1. The summed E-state index contributed by atoms with van der Waals surface area (Å²) in [5.41, 5.74) is 0.485. The summed E-state index contributed by atoms with van der Waals surface area (Å²) in [5.74, 6) is 0.662. The number of nitrogens with one attached hydrogen (secondary N) is 2. The van der Waals surface area contributed by atoms with E-state index in [1.165, 1.54) is 6.92 Å². The zero-order valence-corrected chi connectivity index (χ0v) is 14.7. The average Bonchev–Trinajstić information content (AvgIpc) is 2.62. The maximum Gasteiger partial charge on any atom is 0.221 e. The molecule has 0 bridgehead atoms. The summed E-state index contributed by atoms with van der Waals surface area (Å²) >= 11 is 0. The van der Waals surface area contributed by atoms with Crippen molar-refractivity contribution in [3.05, 3.63) is 24.3 Å². The lowest BCUT2D eigenvalue weighted by Crippen LogP contribution is -2.44. The summed E-state index contributed by atoms with van der Waals surface area (Å²) in [7, 11) is 0. The smallest absolute Gasteiger partial charge is 0.221 e. The van der Waals surface area contributed by atoms with Crippen molar-refractivity contribution >= 4 is 11.6 Å². The molecule has 23 heavy (non-hydrogen) atoms. The van der Waals surface area contributed by atoms with Crippen LogP contribution in [0.5, 0.6) is 5.75 Å². The highest BCUT2D eigenvalue weighted by molar-refractivity contribution is 5.88. The molecular weight excluding hydrogens is 292 g/mol. The summed E-state index contributed by atoms with van der Waals surface area (Å²) in [5, 5.41) is 6.27. The van der Waals surface area contributed by atoms with Crippen molar-refractivity contribution in [3.63, 3.8) is 0 Å². The molecule has 1 heterocycles. The first kappa shape index (κ1) is 17.8. The van der Waals surface area contributed by atoms with Gasteiger partial charge in [0.2, 0.25) is 5.91 Å². The molecule has 1 aliphatic heterocycles. The van der Waals surface area contributed by atoms with E-state index in [0.717, 1.165) is 24.4 Å². The molecule has 0 aromatic heterocycles. The third kappa shape index (κ3) is 5.22. The molecule has 0 aliphatic carbocycles. The lowest BCUT2D eigenvalue weighted by molar-refractivity contribution is -0.114. The Morgan fingerprint density at radius 1 is 1.35 bits per heavy atom. The number of rotatable bonds is 6. The van der Waals surface area contributed by atoms with E-state index >= 15 is 0 Å². The second kappa shape index (κ2) is 6.89. The molecule has 1 saturated heterocycles. The Bertz CT molecular complexity index is 555. The van der Waals surface area contributed by atoms with Gasteiger partial charge in [-0.25, -0.2) is 0 Å². The number of carbonyl (C=O) groups is 1. The second-order valence-corrected chi connectivity index (χ2v) is 7.23. The first-order valence-corrected chi connectivity index (χ1v) is 8.12. The van der Waals surface area contributed by atoms with Gasteiger partial charge in [-0.15, -0.1) is 0 Å². The predicted octanol–water partition coefficient (Wildman–Crippen LogP) is 2.96.